The van der Waals surface area contributed by atoms with Gasteiger partial charge in [0.15, 0.2) is 29.0 Å². The van der Waals surface area contributed by atoms with E-state index in [0.717, 1.165) is 12.1 Å². The zero-order valence-corrected chi connectivity index (χ0v) is 13.6. The van der Waals surface area contributed by atoms with Gasteiger partial charge in [0.1, 0.15) is 5.69 Å². The predicted molar refractivity (Wildman–Crippen MR) is 86.9 cm³/mol. The lowest BCUT2D eigenvalue weighted by molar-refractivity contribution is 0.257. The van der Waals surface area contributed by atoms with E-state index in [4.69, 9.17) is 9.47 Å². The van der Waals surface area contributed by atoms with Gasteiger partial charge in [-0.3, -0.25) is 4.99 Å². The molecule has 0 aliphatic heterocycles. The zero-order valence-electron chi connectivity index (χ0n) is 13.6. The van der Waals surface area contributed by atoms with E-state index in [1.165, 1.54) is 13.3 Å². The van der Waals surface area contributed by atoms with Crippen LogP contribution in [0.15, 0.2) is 35.3 Å². The molecule has 24 heavy (non-hydrogen) atoms. The minimum absolute atomic E-state index is 0.284. The number of ether oxygens (including phenoxy) is 2. The van der Waals surface area contributed by atoms with Crippen LogP contribution in [-0.2, 0) is 0 Å². The van der Waals surface area contributed by atoms with Crippen LogP contribution < -0.4 is 9.47 Å². The van der Waals surface area contributed by atoms with E-state index in [-0.39, 0.29) is 5.69 Å². The number of rotatable bonds is 6. The second-order valence-corrected chi connectivity index (χ2v) is 5.57. The van der Waals surface area contributed by atoms with Crippen molar-refractivity contribution in [3.63, 3.8) is 0 Å². The molecule has 0 unspecified atom stereocenters. The third kappa shape index (κ3) is 4.28. The van der Waals surface area contributed by atoms with Crippen LogP contribution in [0.3, 0.4) is 0 Å². The maximum atomic E-state index is 13.6. The minimum Gasteiger partial charge on any atom is -0.493 e. The highest BCUT2D eigenvalue weighted by Crippen LogP contribution is 2.28. The molecule has 3 nitrogen and oxygen atoms in total. The summed E-state index contributed by atoms with van der Waals surface area (Å²) < 4.78 is 50.5. The molecule has 0 fully saturated rings. The molecule has 0 amide bonds. The molecule has 2 rings (SSSR count). The zero-order chi connectivity index (χ0) is 17.7. The van der Waals surface area contributed by atoms with E-state index in [2.05, 4.69) is 4.99 Å². The average Bonchev–Trinajstić information content (AvgIpc) is 2.57. The van der Waals surface area contributed by atoms with E-state index >= 15 is 0 Å². The summed E-state index contributed by atoms with van der Waals surface area (Å²) in [6, 6.07) is 6.98. The van der Waals surface area contributed by atoms with Crippen molar-refractivity contribution in [2.24, 2.45) is 10.9 Å². The molecule has 2 aromatic rings. The van der Waals surface area contributed by atoms with Crippen molar-refractivity contribution in [2.45, 2.75) is 13.8 Å². The Bertz CT molecular complexity index is 745. The normalized spacial score (nSPS) is 11.3. The Morgan fingerprint density at radius 2 is 1.79 bits per heavy atom. The topological polar surface area (TPSA) is 30.8 Å². The van der Waals surface area contributed by atoms with Crippen LogP contribution in [0.4, 0.5) is 18.9 Å². The fraction of sp³-hybridized carbons (Fsp3) is 0.278. The average molecular weight is 337 g/mol. The number of methoxy groups -OCH3 is 1. The van der Waals surface area contributed by atoms with Crippen molar-refractivity contribution >= 4 is 11.9 Å². The molecule has 0 aliphatic rings. The summed E-state index contributed by atoms with van der Waals surface area (Å²) >= 11 is 0. The molecule has 6 heteroatoms. The van der Waals surface area contributed by atoms with Crippen molar-refractivity contribution in [1.29, 1.82) is 0 Å². The van der Waals surface area contributed by atoms with Crippen molar-refractivity contribution in [1.82, 2.24) is 0 Å². The molecule has 0 aromatic heterocycles. The summed E-state index contributed by atoms with van der Waals surface area (Å²) in [6.45, 7) is 4.61. The lowest BCUT2D eigenvalue weighted by atomic mass is 10.2. The third-order valence-electron chi connectivity index (χ3n) is 3.13. The Hall–Kier alpha value is -2.50. The predicted octanol–water partition coefficient (Wildman–Crippen LogP) is 4.90. The summed E-state index contributed by atoms with van der Waals surface area (Å²) in [6.07, 6.45) is 1.34. The molecule has 0 heterocycles. The van der Waals surface area contributed by atoms with Crippen LogP contribution in [0, 0.1) is 23.4 Å². The van der Waals surface area contributed by atoms with Crippen LogP contribution in [0.5, 0.6) is 11.5 Å². The number of hydrogen-bond donors (Lipinski definition) is 0. The van der Waals surface area contributed by atoms with E-state index < -0.39 is 17.5 Å². The molecule has 0 aliphatic carbocycles. The van der Waals surface area contributed by atoms with Crippen molar-refractivity contribution < 1.29 is 22.6 Å². The highest BCUT2D eigenvalue weighted by atomic mass is 19.2. The largest absolute Gasteiger partial charge is 0.493 e. The fourth-order valence-electron chi connectivity index (χ4n) is 1.90. The van der Waals surface area contributed by atoms with Gasteiger partial charge >= 0.3 is 0 Å². The molecule has 0 atom stereocenters. The number of halogens is 3. The monoisotopic (exact) mass is 337 g/mol. The van der Waals surface area contributed by atoms with Crippen LogP contribution in [0.1, 0.15) is 19.4 Å². The molecular weight excluding hydrogens is 319 g/mol. The Labute approximate surface area is 138 Å². The first-order valence-corrected chi connectivity index (χ1v) is 7.40. The maximum absolute atomic E-state index is 13.6. The first-order chi connectivity index (χ1) is 11.4. The fourth-order valence-corrected chi connectivity index (χ4v) is 1.90. The lowest BCUT2D eigenvalue weighted by Crippen LogP contribution is -2.05. The van der Waals surface area contributed by atoms with E-state index in [1.54, 1.807) is 18.2 Å². The quantitative estimate of drug-likeness (QED) is 0.554. The van der Waals surface area contributed by atoms with Gasteiger partial charge in [-0.25, -0.2) is 13.2 Å². The molecule has 128 valence electrons. The number of nitrogens with zero attached hydrogens (tertiary/aromatic N) is 1. The van der Waals surface area contributed by atoms with Gasteiger partial charge in [0.05, 0.1) is 13.7 Å². The third-order valence-corrected chi connectivity index (χ3v) is 3.13. The first-order valence-electron chi connectivity index (χ1n) is 7.40. The Morgan fingerprint density at radius 3 is 2.46 bits per heavy atom. The molecule has 0 N–H and O–H groups in total. The van der Waals surface area contributed by atoms with Gasteiger partial charge in [-0.1, -0.05) is 13.8 Å². The highest BCUT2D eigenvalue weighted by Gasteiger charge is 2.12. The van der Waals surface area contributed by atoms with Gasteiger partial charge in [0.25, 0.3) is 0 Å². The number of hydrogen-bond acceptors (Lipinski definition) is 3. The van der Waals surface area contributed by atoms with Crippen molar-refractivity contribution in [2.75, 3.05) is 13.7 Å². The lowest BCUT2D eigenvalue weighted by Gasteiger charge is -2.12. The van der Waals surface area contributed by atoms with Crippen molar-refractivity contribution in [3.05, 3.63) is 53.3 Å². The summed E-state index contributed by atoms with van der Waals surface area (Å²) in [7, 11) is 1.51. The van der Waals surface area contributed by atoms with Crippen LogP contribution in [0.2, 0.25) is 0 Å². The minimum atomic E-state index is -1.54. The van der Waals surface area contributed by atoms with E-state index in [9.17, 15) is 13.2 Å². The second kappa shape index (κ2) is 7.86. The molecule has 0 saturated heterocycles. The molecule has 0 bridgehead atoms. The summed E-state index contributed by atoms with van der Waals surface area (Å²) in [5, 5.41) is 0. The van der Waals surface area contributed by atoms with Gasteiger partial charge in [-0.2, -0.15) is 0 Å². The van der Waals surface area contributed by atoms with Crippen molar-refractivity contribution in [3.8, 4) is 11.5 Å². The van der Waals surface area contributed by atoms with Gasteiger partial charge in [0.2, 0.25) is 0 Å². The standard InChI is InChI=1S/C18H18F3NO2/c1-11(2)10-24-15-7-4-12(8-16(15)23-3)9-22-14-6-5-13(19)17(20)18(14)21/h4-9,11H,10H2,1-3H3. The summed E-state index contributed by atoms with van der Waals surface area (Å²) in [5.41, 5.74) is 0.320. The SMILES string of the molecule is COc1cc(C=Nc2ccc(F)c(F)c2F)ccc1OCC(C)C. The summed E-state index contributed by atoms with van der Waals surface area (Å²) in [4.78, 5) is 3.85. The Morgan fingerprint density at radius 1 is 1.04 bits per heavy atom. The smallest absolute Gasteiger partial charge is 0.196 e. The second-order valence-electron chi connectivity index (χ2n) is 5.57. The van der Waals surface area contributed by atoms with Gasteiger partial charge < -0.3 is 9.47 Å². The molecular formula is C18H18F3NO2. The van der Waals surface area contributed by atoms with Gasteiger partial charge in [-0.15, -0.1) is 0 Å². The molecule has 0 spiro atoms. The molecule has 0 saturated carbocycles. The van der Waals surface area contributed by atoms with Gasteiger partial charge in [-0.05, 0) is 41.8 Å². The highest BCUT2D eigenvalue weighted by molar-refractivity contribution is 5.83. The maximum Gasteiger partial charge on any atom is 0.196 e. The van der Waals surface area contributed by atoms with Crippen LogP contribution in [-0.4, -0.2) is 19.9 Å². The first kappa shape index (κ1) is 17.8. The van der Waals surface area contributed by atoms with Crippen LogP contribution in [0.25, 0.3) is 0 Å². The Balaban J connectivity index is 2.22. The number of aliphatic imine (C=N–C) groups is 1. The summed E-state index contributed by atoms with van der Waals surface area (Å²) in [5.74, 6) is -2.66. The van der Waals surface area contributed by atoms with Gasteiger partial charge in [0, 0.05) is 6.21 Å². The molecule has 0 radical (unpaired) electrons. The van der Waals surface area contributed by atoms with Crippen LogP contribution >= 0.6 is 0 Å². The van der Waals surface area contributed by atoms with E-state index in [0.29, 0.717) is 29.6 Å². The Kier molecular flexibility index (Phi) is 5.84. The number of benzene rings is 2. The van der Waals surface area contributed by atoms with E-state index in [1.807, 2.05) is 13.8 Å². The molecule has 2 aromatic carbocycles.